The highest BCUT2D eigenvalue weighted by atomic mass is 35.5. The van der Waals surface area contributed by atoms with E-state index in [9.17, 15) is 0 Å². The number of hydrogen-bond donors (Lipinski definition) is 0. The molecule has 5 rings (SSSR count). The lowest BCUT2D eigenvalue weighted by Crippen LogP contribution is -2.43. The van der Waals surface area contributed by atoms with Crippen LogP contribution in [0.15, 0.2) is 10.6 Å². The topological polar surface area (TPSA) is 0 Å². The van der Waals surface area contributed by atoms with Crippen LogP contribution >= 0.6 is 11.6 Å². The average molecular weight is 361 g/mol. The highest BCUT2D eigenvalue weighted by Gasteiger charge is 2.71. The van der Waals surface area contributed by atoms with E-state index in [1.807, 2.05) is 0 Å². The fourth-order valence-corrected chi connectivity index (χ4v) is 9.87. The highest BCUT2D eigenvalue weighted by Crippen LogP contribution is 2.79. The zero-order valence-electron chi connectivity index (χ0n) is 17.0. The van der Waals surface area contributed by atoms with Crippen LogP contribution in [0.25, 0.3) is 0 Å². The van der Waals surface area contributed by atoms with Crippen molar-refractivity contribution in [3.8, 4) is 0 Å². The fraction of sp³-hybridized carbons (Fsp3) is 0.917. The number of fused-ring (bicyclic) bond motifs is 3. The van der Waals surface area contributed by atoms with Crippen molar-refractivity contribution in [2.45, 2.75) is 86.0 Å². The largest absolute Gasteiger partial charge is 0.0885 e. The maximum absolute atomic E-state index is 7.38. The lowest BCUT2D eigenvalue weighted by Gasteiger charge is -2.49. The maximum atomic E-state index is 7.38. The van der Waals surface area contributed by atoms with Gasteiger partial charge in [0.1, 0.15) is 0 Å². The van der Waals surface area contributed by atoms with Crippen LogP contribution in [0.5, 0.6) is 0 Å². The van der Waals surface area contributed by atoms with Crippen molar-refractivity contribution >= 4 is 11.6 Å². The summed E-state index contributed by atoms with van der Waals surface area (Å²) in [6, 6.07) is 0. The van der Waals surface area contributed by atoms with Gasteiger partial charge in [0.25, 0.3) is 0 Å². The lowest BCUT2D eigenvalue weighted by molar-refractivity contribution is 0.0219. The zero-order valence-corrected chi connectivity index (χ0v) is 17.8. The third-order valence-corrected chi connectivity index (χ3v) is 11.2. The molecule has 0 bridgehead atoms. The van der Waals surface area contributed by atoms with Gasteiger partial charge in [0.15, 0.2) is 0 Å². The first kappa shape index (κ1) is 17.2. The summed E-state index contributed by atoms with van der Waals surface area (Å²) in [4.78, 5) is 0. The molecule has 0 radical (unpaired) electrons. The summed E-state index contributed by atoms with van der Waals surface area (Å²) in [5.41, 5.74) is 3.17. The molecule has 5 aliphatic rings. The average Bonchev–Trinajstić information content (AvgIpc) is 3.20. The minimum atomic E-state index is 0.371. The summed E-state index contributed by atoms with van der Waals surface area (Å²) in [5, 5.41) is 1.39. The molecule has 0 aromatic carbocycles. The predicted octanol–water partition coefficient (Wildman–Crippen LogP) is 7.42. The molecule has 0 nitrogen and oxygen atoms in total. The lowest BCUT2D eigenvalue weighted by atomic mass is 9.54. The Morgan fingerprint density at radius 2 is 1.76 bits per heavy atom. The summed E-state index contributed by atoms with van der Waals surface area (Å²) < 4.78 is 0. The van der Waals surface area contributed by atoms with Crippen molar-refractivity contribution in [1.29, 1.82) is 0 Å². The zero-order chi connectivity index (χ0) is 17.8. The van der Waals surface area contributed by atoms with Crippen LogP contribution in [0.2, 0.25) is 0 Å². The number of halogens is 1. The third kappa shape index (κ3) is 1.82. The Hall–Kier alpha value is 0.0300. The van der Waals surface area contributed by atoms with Crippen molar-refractivity contribution < 1.29 is 0 Å². The Morgan fingerprint density at radius 3 is 2.48 bits per heavy atom. The minimum Gasteiger partial charge on any atom is -0.0885 e. The standard InChI is InChI=1S/C24H37Cl/c1-14(2)16-7-9-22(4)13-20-17(12-19(16)22)21(25)24-11-6-15(3)18(24)8-10-23(20,24)5/h14-16,18-20H,6-13H2,1-5H3/t15-,16+,18+,19+,20-,22-,23+,24+/m1/s1. The van der Waals surface area contributed by atoms with Gasteiger partial charge >= 0.3 is 0 Å². The first-order chi connectivity index (χ1) is 11.7. The normalized spacial score (nSPS) is 57.0. The van der Waals surface area contributed by atoms with Gasteiger partial charge in [0, 0.05) is 10.4 Å². The minimum absolute atomic E-state index is 0.371. The van der Waals surface area contributed by atoms with E-state index in [-0.39, 0.29) is 0 Å². The molecule has 1 spiro atoms. The predicted molar refractivity (Wildman–Crippen MR) is 106 cm³/mol. The van der Waals surface area contributed by atoms with Crippen molar-refractivity contribution in [3.63, 3.8) is 0 Å². The van der Waals surface area contributed by atoms with Crippen LogP contribution in [0.4, 0.5) is 0 Å². The summed E-state index contributed by atoms with van der Waals surface area (Å²) in [5.74, 6) is 5.20. The molecular weight excluding hydrogens is 324 g/mol. The van der Waals surface area contributed by atoms with E-state index in [0.29, 0.717) is 16.2 Å². The Kier molecular flexibility index (Phi) is 3.49. The molecule has 0 aromatic rings. The molecule has 0 saturated heterocycles. The van der Waals surface area contributed by atoms with Crippen LogP contribution in [-0.2, 0) is 0 Å². The Morgan fingerprint density at radius 1 is 1.00 bits per heavy atom. The molecule has 4 saturated carbocycles. The molecule has 0 heterocycles. The van der Waals surface area contributed by atoms with Crippen LogP contribution in [0, 0.1) is 51.8 Å². The van der Waals surface area contributed by atoms with E-state index < -0.39 is 0 Å². The van der Waals surface area contributed by atoms with E-state index in [0.717, 1.165) is 35.5 Å². The van der Waals surface area contributed by atoms with Crippen molar-refractivity contribution in [3.05, 3.63) is 10.6 Å². The Bertz CT molecular complexity index is 632. The monoisotopic (exact) mass is 360 g/mol. The molecule has 8 atom stereocenters. The molecule has 0 N–H and O–H groups in total. The summed E-state index contributed by atoms with van der Waals surface area (Å²) >= 11 is 7.38. The summed E-state index contributed by atoms with van der Waals surface area (Å²) in [7, 11) is 0. The Labute approximate surface area is 160 Å². The quantitative estimate of drug-likeness (QED) is 0.456. The number of rotatable bonds is 1. The second kappa shape index (κ2) is 5.09. The van der Waals surface area contributed by atoms with Gasteiger partial charge in [-0.1, -0.05) is 51.8 Å². The second-order valence-corrected chi connectivity index (χ2v) is 11.9. The van der Waals surface area contributed by atoms with Gasteiger partial charge in [-0.3, -0.25) is 0 Å². The van der Waals surface area contributed by atoms with Gasteiger partial charge < -0.3 is 0 Å². The van der Waals surface area contributed by atoms with Crippen molar-refractivity contribution in [2.75, 3.05) is 0 Å². The molecule has 5 aliphatic carbocycles. The molecule has 0 unspecified atom stereocenters. The maximum Gasteiger partial charge on any atom is 0.0246 e. The molecule has 0 amide bonds. The van der Waals surface area contributed by atoms with Crippen LogP contribution in [0.3, 0.4) is 0 Å². The SMILES string of the molecule is CC(C)[C@@H]1CC[C@]2(C)C[C@@H]3C(=C(Cl)[C@]45CC[C@@H](C)[C@@H]4CC[C@@]35C)C[C@@H]12. The van der Waals surface area contributed by atoms with Gasteiger partial charge in [0.2, 0.25) is 0 Å². The fourth-order valence-electron chi connectivity index (χ4n) is 9.21. The van der Waals surface area contributed by atoms with Gasteiger partial charge in [-0.2, -0.15) is 0 Å². The molecule has 1 heteroatoms. The van der Waals surface area contributed by atoms with E-state index >= 15 is 0 Å². The van der Waals surface area contributed by atoms with Crippen LogP contribution in [0.1, 0.15) is 86.0 Å². The molecular formula is C24H37Cl. The first-order valence-electron chi connectivity index (χ1n) is 11.1. The highest BCUT2D eigenvalue weighted by molar-refractivity contribution is 6.31. The molecule has 25 heavy (non-hydrogen) atoms. The van der Waals surface area contributed by atoms with Gasteiger partial charge in [-0.25, -0.2) is 0 Å². The van der Waals surface area contributed by atoms with Gasteiger partial charge in [-0.15, -0.1) is 0 Å². The van der Waals surface area contributed by atoms with Crippen molar-refractivity contribution in [1.82, 2.24) is 0 Å². The van der Waals surface area contributed by atoms with Gasteiger partial charge in [-0.05, 0) is 97.7 Å². The van der Waals surface area contributed by atoms with E-state index in [1.165, 1.54) is 56.4 Å². The molecule has 4 fully saturated rings. The van der Waals surface area contributed by atoms with Crippen LogP contribution in [-0.4, -0.2) is 0 Å². The van der Waals surface area contributed by atoms with Crippen LogP contribution < -0.4 is 0 Å². The summed E-state index contributed by atoms with van der Waals surface area (Å²) in [6.45, 7) is 12.7. The smallest absolute Gasteiger partial charge is 0.0246 e. The summed E-state index contributed by atoms with van der Waals surface area (Å²) in [6.07, 6.45) is 11.3. The number of hydrogen-bond acceptors (Lipinski definition) is 0. The molecule has 0 aromatic heterocycles. The third-order valence-electron chi connectivity index (χ3n) is 10.6. The molecule has 140 valence electrons. The van der Waals surface area contributed by atoms with Gasteiger partial charge in [0.05, 0.1) is 0 Å². The second-order valence-electron chi connectivity index (χ2n) is 11.6. The van der Waals surface area contributed by atoms with E-state index in [2.05, 4.69) is 34.6 Å². The number of allylic oxidation sites excluding steroid dienone is 2. The Balaban J connectivity index is 1.60. The van der Waals surface area contributed by atoms with E-state index in [1.54, 1.807) is 5.57 Å². The van der Waals surface area contributed by atoms with E-state index in [4.69, 9.17) is 11.6 Å². The first-order valence-corrected chi connectivity index (χ1v) is 11.5. The molecule has 0 aliphatic heterocycles. The van der Waals surface area contributed by atoms with Crippen molar-refractivity contribution in [2.24, 2.45) is 51.8 Å².